The van der Waals surface area contributed by atoms with Crippen molar-refractivity contribution in [3.8, 4) is 0 Å². The van der Waals surface area contributed by atoms with Gasteiger partial charge in [-0.15, -0.1) is 0 Å². The smallest absolute Gasteiger partial charge is 0.247 e. The molecule has 3 heteroatoms. The highest BCUT2D eigenvalue weighted by Crippen LogP contribution is 2.12. The largest absolute Gasteiger partial charge is 0.331 e. The van der Waals surface area contributed by atoms with Crippen LogP contribution in [0.4, 0.5) is 4.39 Å². The monoisotopic (exact) mass is 345 g/mol. The molecule has 0 radical (unpaired) electrons. The number of carbonyl (C=O) groups excluding carboxylic acids is 1. The summed E-state index contributed by atoms with van der Waals surface area (Å²) in [5.74, 6) is -0.424. The van der Waals surface area contributed by atoms with E-state index in [-0.39, 0.29) is 11.7 Å². The Morgan fingerprint density at radius 1 is 0.808 bits per heavy atom. The molecule has 26 heavy (non-hydrogen) atoms. The zero-order chi connectivity index (χ0) is 18.2. The number of benzene rings is 3. The maximum atomic E-state index is 13.3. The fourth-order valence-electron chi connectivity index (χ4n) is 2.70. The van der Waals surface area contributed by atoms with Gasteiger partial charge in [0.2, 0.25) is 5.91 Å². The molecule has 0 saturated heterocycles. The molecule has 1 amide bonds. The van der Waals surface area contributed by atoms with E-state index in [4.69, 9.17) is 0 Å². The van der Waals surface area contributed by atoms with Crippen LogP contribution in [0.3, 0.4) is 0 Å². The van der Waals surface area contributed by atoms with Crippen LogP contribution in [0.15, 0.2) is 91.0 Å². The quantitative estimate of drug-likeness (QED) is 0.571. The minimum Gasteiger partial charge on any atom is -0.331 e. The molecule has 0 bridgehead atoms. The third-order valence-electron chi connectivity index (χ3n) is 4.01. The van der Waals surface area contributed by atoms with E-state index in [1.165, 1.54) is 18.2 Å². The molecule has 0 spiro atoms. The van der Waals surface area contributed by atoms with Crippen LogP contribution in [0, 0.1) is 5.82 Å². The van der Waals surface area contributed by atoms with E-state index < -0.39 is 0 Å². The summed E-state index contributed by atoms with van der Waals surface area (Å²) in [6.07, 6.45) is 3.15. The van der Waals surface area contributed by atoms with Gasteiger partial charge in [0.15, 0.2) is 0 Å². The van der Waals surface area contributed by atoms with Gasteiger partial charge in [0.1, 0.15) is 5.82 Å². The van der Waals surface area contributed by atoms with Gasteiger partial charge in [-0.05, 0) is 34.9 Å². The molecule has 0 unspecified atom stereocenters. The lowest BCUT2D eigenvalue weighted by molar-refractivity contribution is -0.127. The molecule has 3 aromatic rings. The summed E-state index contributed by atoms with van der Waals surface area (Å²) in [6, 6.07) is 26.0. The SMILES string of the molecule is O=C(/C=C/c1cccc(F)c1)N(Cc1ccccc1)Cc1ccccc1. The number of carbonyl (C=O) groups is 1. The van der Waals surface area contributed by atoms with E-state index in [1.807, 2.05) is 60.7 Å². The third kappa shape index (κ3) is 5.15. The number of amides is 1. The van der Waals surface area contributed by atoms with Crippen LogP contribution in [0.25, 0.3) is 6.08 Å². The van der Waals surface area contributed by atoms with Crippen LogP contribution in [0.2, 0.25) is 0 Å². The Kier molecular flexibility index (Phi) is 5.94. The van der Waals surface area contributed by atoms with Crippen LogP contribution < -0.4 is 0 Å². The molecule has 0 atom stereocenters. The Hall–Kier alpha value is -3.20. The fraction of sp³-hybridized carbons (Fsp3) is 0.0870. The van der Waals surface area contributed by atoms with Gasteiger partial charge >= 0.3 is 0 Å². The van der Waals surface area contributed by atoms with Crippen LogP contribution in [-0.2, 0) is 17.9 Å². The predicted octanol–water partition coefficient (Wildman–Crippen LogP) is 5.07. The Labute approximate surface area is 153 Å². The van der Waals surface area contributed by atoms with Gasteiger partial charge in [-0.2, -0.15) is 0 Å². The standard InChI is InChI=1S/C23H20FNO/c24-22-13-7-12-19(16-22)14-15-23(26)25(17-20-8-3-1-4-9-20)18-21-10-5-2-6-11-21/h1-16H,17-18H2/b15-14+. The average Bonchev–Trinajstić information content (AvgIpc) is 2.67. The number of hydrogen-bond acceptors (Lipinski definition) is 1. The summed E-state index contributed by atoms with van der Waals surface area (Å²) in [4.78, 5) is 14.5. The lowest BCUT2D eigenvalue weighted by Gasteiger charge is -2.21. The van der Waals surface area contributed by atoms with Crippen molar-refractivity contribution in [1.29, 1.82) is 0 Å². The molecule has 0 aliphatic heterocycles. The molecule has 130 valence electrons. The molecule has 0 N–H and O–H groups in total. The topological polar surface area (TPSA) is 20.3 Å². The molecule has 0 aliphatic carbocycles. The summed E-state index contributed by atoms with van der Waals surface area (Å²) >= 11 is 0. The first-order valence-electron chi connectivity index (χ1n) is 8.51. The van der Waals surface area contributed by atoms with Gasteiger partial charge in [-0.1, -0.05) is 72.8 Å². The van der Waals surface area contributed by atoms with Gasteiger partial charge in [0.25, 0.3) is 0 Å². The van der Waals surface area contributed by atoms with Crippen molar-refractivity contribution in [2.24, 2.45) is 0 Å². The number of rotatable bonds is 6. The average molecular weight is 345 g/mol. The van der Waals surface area contributed by atoms with E-state index in [1.54, 1.807) is 23.1 Å². The van der Waals surface area contributed by atoms with Crippen molar-refractivity contribution in [2.75, 3.05) is 0 Å². The molecule has 3 aromatic carbocycles. The normalized spacial score (nSPS) is 10.8. The van der Waals surface area contributed by atoms with Crippen LogP contribution in [0.5, 0.6) is 0 Å². The van der Waals surface area contributed by atoms with Gasteiger partial charge in [-0.25, -0.2) is 4.39 Å². The van der Waals surface area contributed by atoms with E-state index in [2.05, 4.69) is 0 Å². The second-order valence-corrected chi connectivity index (χ2v) is 6.05. The lowest BCUT2D eigenvalue weighted by Crippen LogP contribution is -2.28. The minimum absolute atomic E-state index is 0.109. The van der Waals surface area contributed by atoms with Crippen molar-refractivity contribution in [1.82, 2.24) is 4.90 Å². The second-order valence-electron chi connectivity index (χ2n) is 6.05. The van der Waals surface area contributed by atoms with Gasteiger partial charge in [0, 0.05) is 19.2 Å². The molecule has 0 heterocycles. The van der Waals surface area contributed by atoms with Crippen LogP contribution >= 0.6 is 0 Å². The summed E-state index contributed by atoms with van der Waals surface area (Å²) in [7, 11) is 0. The molecule has 0 saturated carbocycles. The summed E-state index contributed by atoms with van der Waals surface area (Å²) in [5.41, 5.74) is 2.80. The van der Waals surface area contributed by atoms with Crippen LogP contribution in [0.1, 0.15) is 16.7 Å². The molecule has 0 fully saturated rings. The summed E-state index contributed by atoms with van der Waals surface area (Å²) in [6.45, 7) is 1.03. The Morgan fingerprint density at radius 2 is 1.38 bits per heavy atom. The first-order chi connectivity index (χ1) is 12.7. The first-order valence-corrected chi connectivity index (χ1v) is 8.51. The highest BCUT2D eigenvalue weighted by atomic mass is 19.1. The van der Waals surface area contributed by atoms with Gasteiger partial charge in [0.05, 0.1) is 0 Å². The maximum Gasteiger partial charge on any atom is 0.247 e. The third-order valence-corrected chi connectivity index (χ3v) is 4.01. The molecular formula is C23H20FNO. The number of halogens is 1. The summed E-state index contributed by atoms with van der Waals surface area (Å²) < 4.78 is 13.3. The molecule has 3 rings (SSSR count). The zero-order valence-corrected chi connectivity index (χ0v) is 14.4. The highest BCUT2D eigenvalue weighted by Gasteiger charge is 2.12. The Bertz CT molecular complexity index is 833. The molecule has 0 aliphatic rings. The number of hydrogen-bond donors (Lipinski definition) is 0. The van der Waals surface area contributed by atoms with Crippen molar-refractivity contribution < 1.29 is 9.18 Å². The van der Waals surface area contributed by atoms with E-state index >= 15 is 0 Å². The van der Waals surface area contributed by atoms with Gasteiger partial charge < -0.3 is 4.90 Å². The van der Waals surface area contributed by atoms with Crippen molar-refractivity contribution >= 4 is 12.0 Å². The fourth-order valence-corrected chi connectivity index (χ4v) is 2.70. The number of nitrogens with zero attached hydrogens (tertiary/aromatic N) is 1. The van der Waals surface area contributed by atoms with E-state index in [0.29, 0.717) is 18.7 Å². The van der Waals surface area contributed by atoms with Crippen molar-refractivity contribution in [3.05, 3.63) is 114 Å². The Morgan fingerprint density at radius 3 is 1.92 bits per heavy atom. The zero-order valence-electron chi connectivity index (χ0n) is 14.4. The highest BCUT2D eigenvalue weighted by molar-refractivity contribution is 5.91. The predicted molar refractivity (Wildman–Crippen MR) is 103 cm³/mol. The minimum atomic E-state index is -0.315. The van der Waals surface area contributed by atoms with Crippen molar-refractivity contribution in [3.63, 3.8) is 0 Å². The van der Waals surface area contributed by atoms with E-state index in [0.717, 1.165) is 11.1 Å². The summed E-state index contributed by atoms with van der Waals surface area (Å²) in [5, 5.41) is 0. The lowest BCUT2D eigenvalue weighted by atomic mass is 10.1. The Balaban J connectivity index is 1.78. The maximum absolute atomic E-state index is 13.3. The van der Waals surface area contributed by atoms with Crippen LogP contribution in [-0.4, -0.2) is 10.8 Å². The second kappa shape index (κ2) is 8.77. The van der Waals surface area contributed by atoms with Gasteiger partial charge in [-0.3, -0.25) is 4.79 Å². The van der Waals surface area contributed by atoms with E-state index in [9.17, 15) is 9.18 Å². The first kappa shape index (κ1) is 17.6. The van der Waals surface area contributed by atoms with Crippen molar-refractivity contribution in [2.45, 2.75) is 13.1 Å². The molecule has 0 aromatic heterocycles. The molecule has 2 nitrogen and oxygen atoms in total. The molecular weight excluding hydrogens is 325 g/mol.